The summed E-state index contributed by atoms with van der Waals surface area (Å²) in [5.41, 5.74) is 0.953. The molecule has 1 rings (SSSR count). The van der Waals surface area contributed by atoms with Crippen LogP contribution in [0.25, 0.3) is 0 Å². The second-order valence-corrected chi connectivity index (χ2v) is 6.14. The molecule has 7 heteroatoms. The van der Waals surface area contributed by atoms with E-state index in [1.165, 1.54) is 24.8 Å². The van der Waals surface area contributed by atoms with Crippen molar-refractivity contribution in [1.82, 2.24) is 5.32 Å². The first-order chi connectivity index (χ1) is 9.40. The van der Waals surface area contributed by atoms with E-state index in [2.05, 4.69) is 21.2 Å². The van der Waals surface area contributed by atoms with Crippen LogP contribution in [-0.2, 0) is 15.3 Å². The maximum absolute atomic E-state index is 13.0. The van der Waals surface area contributed by atoms with Crippen molar-refractivity contribution in [3.05, 3.63) is 34.1 Å². The van der Waals surface area contributed by atoms with E-state index in [0.29, 0.717) is 22.4 Å². The van der Waals surface area contributed by atoms with Crippen molar-refractivity contribution < 1.29 is 19.1 Å². The van der Waals surface area contributed by atoms with Gasteiger partial charge in [-0.3, -0.25) is 4.79 Å². The van der Waals surface area contributed by atoms with E-state index in [4.69, 9.17) is 5.11 Å². The number of aliphatic carboxylic acids is 1. The zero-order valence-electron chi connectivity index (χ0n) is 10.9. The van der Waals surface area contributed by atoms with Crippen molar-refractivity contribution in [2.75, 3.05) is 5.75 Å². The second-order valence-electron chi connectivity index (χ2n) is 4.18. The summed E-state index contributed by atoms with van der Waals surface area (Å²) >= 11 is 4.65. The molecule has 0 fully saturated rings. The molecule has 1 unspecified atom stereocenters. The summed E-state index contributed by atoms with van der Waals surface area (Å²) in [5.74, 6) is -0.456. The number of halogens is 2. The van der Waals surface area contributed by atoms with Crippen molar-refractivity contribution in [2.45, 2.75) is 25.1 Å². The maximum Gasteiger partial charge on any atom is 0.326 e. The van der Waals surface area contributed by atoms with Gasteiger partial charge in [-0.05, 0) is 45.8 Å². The summed E-state index contributed by atoms with van der Waals surface area (Å²) in [5, 5.41) is 11.3. The Morgan fingerprint density at radius 2 is 2.20 bits per heavy atom. The van der Waals surface area contributed by atoms with Gasteiger partial charge in [-0.2, -0.15) is 11.8 Å². The van der Waals surface area contributed by atoms with Crippen LogP contribution in [0.2, 0.25) is 0 Å². The molecule has 2 N–H and O–H groups in total. The number of hydrogen-bond acceptors (Lipinski definition) is 3. The number of carbonyl (C=O) groups is 2. The highest BCUT2D eigenvalue weighted by molar-refractivity contribution is 9.10. The summed E-state index contributed by atoms with van der Waals surface area (Å²) in [6, 6.07) is 3.91. The van der Waals surface area contributed by atoms with Gasteiger partial charge in [-0.15, -0.1) is 0 Å². The number of hydrogen-bond donors (Lipinski definition) is 2. The van der Waals surface area contributed by atoms with Crippen molar-refractivity contribution in [1.29, 1.82) is 0 Å². The lowest BCUT2D eigenvalue weighted by molar-refractivity contribution is -0.141. The molecular formula is C13H15BrFNO3S. The minimum absolute atomic E-state index is 0.310. The number of thioether (sulfide) groups is 1. The molecule has 1 aromatic carbocycles. The van der Waals surface area contributed by atoms with Crippen LogP contribution >= 0.6 is 27.7 Å². The molecule has 0 aliphatic rings. The SMILES string of the molecule is CC(=O)NC(CCSCc1ccc(F)c(Br)c1)C(=O)O. The minimum Gasteiger partial charge on any atom is -0.480 e. The summed E-state index contributed by atoms with van der Waals surface area (Å²) in [6.07, 6.45) is 0.349. The predicted octanol–water partition coefficient (Wildman–Crippen LogP) is 2.80. The topological polar surface area (TPSA) is 66.4 Å². The van der Waals surface area contributed by atoms with Gasteiger partial charge in [0.1, 0.15) is 11.9 Å². The van der Waals surface area contributed by atoms with E-state index in [9.17, 15) is 14.0 Å². The summed E-state index contributed by atoms with van der Waals surface area (Å²) < 4.78 is 13.5. The monoisotopic (exact) mass is 363 g/mol. The smallest absolute Gasteiger partial charge is 0.326 e. The first kappa shape index (κ1) is 17.0. The number of rotatable bonds is 7. The minimum atomic E-state index is -1.04. The molecule has 0 heterocycles. The first-order valence-corrected chi connectivity index (χ1v) is 7.86. The molecule has 0 aliphatic heterocycles. The van der Waals surface area contributed by atoms with Crippen LogP contribution in [0, 0.1) is 5.82 Å². The summed E-state index contributed by atoms with van der Waals surface area (Å²) in [7, 11) is 0. The van der Waals surface area contributed by atoms with Crippen LogP contribution in [0.15, 0.2) is 22.7 Å². The molecule has 0 aliphatic carbocycles. The van der Waals surface area contributed by atoms with Gasteiger partial charge < -0.3 is 10.4 Å². The molecule has 0 bridgehead atoms. The quantitative estimate of drug-likeness (QED) is 0.731. The second kappa shape index (κ2) is 8.26. The molecule has 0 aromatic heterocycles. The van der Waals surface area contributed by atoms with Gasteiger partial charge >= 0.3 is 5.97 Å². The fraction of sp³-hybridized carbons (Fsp3) is 0.385. The molecule has 0 radical (unpaired) electrons. The third-order valence-corrected chi connectivity index (χ3v) is 4.15. The van der Waals surface area contributed by atoms with E-state index < -0.39 is 12.0 Å². The Morgan fingerprint density at radius 3 is 2.75 bits per heavy atom. The van der Waals surface area contributed by atoms with E-state index in [0.717, 1.165) is 5.56 Å². The Balaban J connectivity index is 2.37. The predicted molar refractivity (Wildman–Crippen MR) is 80.1 cm³/mol. The third-order valence-electron chi connectivity index (χ3n) is 2.48. The number of carboxylic acids is 1. The molecule has 110 valence electrons. The van der Waals surface area contributed by atoms with Crippen LogP contribution in [0.5, 0.6) is 0 Å². The summed E-state index contributed by atoms with van der Waals surface area (Å²) in [4.78, 5) is 21.8. The van der Waals surface area contributed by atoms with E-state index in [1.54, 1.807) is 12.1 Å². The van der Waals surface area contributed by atoms with Gasteiger partial charge in [0.15, 0.2) is 0 Å². The Bertz CT molecular complexity index is 499. The largest absolute Gasteiger partial charge is 0.480 e. The highest BCUT2D eigenvalue weighted by Gasteiger charge is 2.17. The number of nitrogens with one attached hydrogen (secondary N) is 1. The molecule has 0 spiro atoms. The molecule has 0 saturated heterocycles. The van der Waals surface area contributed by atoms with Gasteiger partial charge in [-0.25, -0.2) is 9.18 Å². The molecular weight excluding hydrogens is 349 g/mol. The maximum atomic E-state index is 13.0. The number of amides is 1. The Hall–Kier alpha value is -1.08. The lowest BCUT2D eigenvalue weighted by atomic mass is 10.2. The molecule has 1 aromatic rings. The van der Waals surface area contributed by atoms with Gasteiger partial charge in [0.2, 0.25) is 5.91 Å². The fourth-order valence-electron chi connectivity index (χ4n) is 1.52. The van der Waals surface area contributed by atoms with Crippen molar-refractivity contribution in [3.8, 4) is 0 Å². The molecule has 1 atom stereocenters. The molecule has 0 saturated carbocycles. The van der Waals surface area contributed by atoms with E-state index >= 15 is 0 Å². The number of carbonyl (C=O) groups excluding carboxylic acids is 1. The first-order valence-electron chi connectivity index (χ1n) is 5.91. The number of benzene rings is 1. The fourth-order valence-corrected chi connectivity index (χ4v) is 2.91. The van der Waals surface area contributed by atoms with Crippen LogP contribution in [0.4, 0.5) is 4.39 Å². The van der Waals surface area contributed by atoms with Crippen LogP contribution < -0.4 is 5.32 Å². The zero-order valence-corrected chi connectivity index (χ0v) is 13.3. The third kappa shape index (κ3) is 5.92. The normalized spacial score (nSPS) is 11.9. The lowest BCUT2D eigenvalue weighted by Crippen LogP contribution is -2.39. The van der Waals surface area contributed by atoms with Crippen molar-refractivity contribution in [2.24, 2.45) is 0 Å². The zero-order chi connectivity index (χ0) is 15.1. The van der Waals surface area contributed by atoms with Gasteiger partial charge in [-0.1, -0.05) is 6.07 Å². The molecule has 4 nitrogen and oxygen atoms in total. The van der Waals surface area contributed by atoms with E-state index in [-0.39, 0.29) is 11.7 Å². The highest BCUT2D eigenvalue weighted by atomic mass is 79.9. The van der Waals surface area contributed by atoms with Gasteiger partial charge in [0, 0.05) is 12.7 Å². The average molecular weight is 364 g/mol. The van der Waals surface area contributed by atoms with Crippen molar-refractivity contribution >= 4 is 39.6 Å². The Kier molecular flexibility index (Phi) is 7.01. The number of carboxylic acid groups (broad SMARTS) is 1. The molecule has 20 heavy (non-hydrogen) atoms. The van der Waals surface area contributed by atoms with Crippen LogP contribution in [0.1, 0.15) is 18.9 Å². The average Bonchev–Trinajstić information content (AvgIpc) is 2.36. The standard InChI is InChI=1S/C13H15BrFNO3S/c1-8(17)16-12(13(18)19)4-5-20-7-9-2-3-11(15)10(14)6-9/h2-3,6,12H,4-5,7H2,1H3,(H,16,17)(H,18,19). The van der Waals surface area contributed by atoms with E-state index in [1.807, 2.05) is 0 Å². The van der Waals surface area contributed by atoms with Crippen molar-refractivity contribution in [3.63, 3.8) is 0 Å². The van der Waals surface area contributed by atoms with Gasteiger partial charge in [0.25, 0.3) is 0 Å². The van der Waals surface area contributed by atoms with Crippen LogP contribution in [0.3, 0.4) is 0 Å². The summed E-state index contributed by atoms with van der Waals surface area (Å²) in [6.45, 7) is 1.29. The highest BCUT2D eigenvalue weighted by Crippen LogP contribution is 2.20. The van der Waals surface area contributed by atoms with Crippen LogP contribution in [-0.4, -0.2) is 28.8 Å². The van der Waals surface area contributed by atoms with Gasteiger partial charge in [0.05, 0.1) is 4.47 Å². The molecule has 1 amide bonds. The Labute approximate surface area is 129 Å². The lowest BCUT2D eigenvalue weighted by Gasteiger charge is -2.12. The Morgan fingerprint density at radius 1 is 1.50 bits per heavy atom.